The molecule has 0 atom stereocenters. The largest absolute Gasteiger partial charge is 0.482 e. The zero-order valence-corrected chi connectivity index (χ0v) is 17.0. The summed E-state index contributed by atoms with van der Waals surface area (Å²) in [6.07, 6.45) is 3.40. The number of fused-ring (bicyclic) bond motifs is 1. The highest BCUT2D eigenvalue weighted by Gasteiger charge is 2.41. The Hall–Kier alpha value is -2.28. The second-order valence-corrected chi connectivity index (χ2v) is 9.81. The van der Waals surface area contributed by atoms with Crippen LogP contribution in [0, 0.1) is 5.82 Å². The maximum Gasteiger partial charge on any atom is 0.267 e. The number of anilines is 2. The minimum absolute atomic E-state index is 0.111. The van der Waals surface area contributed by atoms with Crippen molar-refractivity contribution in [1.29, 1.82) is 0 Å². The third kappa shape index (κ3) is 3.32. The summed E-state index contributed by atoms with van der Waals surface area (Å²) in [6, 6.07) is 11.0. The van der Waals surface area contributed by atoms with Crippen LogP contribution in [0.4, 0.5) is 15.8 Å². The summed E-state index contributed by atoms with van der Waals surface area (Å²) in [7, 11) is -4.06. The van der Waals surface area contributed by atoms with E-state index in [4.69, 9.17) is 4.74 Å². The maximum atomic E-state index is 14.3. The standard InChI is InChI=1S/C21H25FN2O3S/c1-21(2)15-24(28(25,26)19-12-5-4-9-16(19)22)18-11-8-10-17(20(18)27-21)23-13-6-3-7-14-23/h4-5,8-12H,3,6-7,13-15H2,1-2H3. The van der Waals surface area contributed by atoms with Gasteiger partial charge in [-0.15, -0.1) is 0 Å². The van der Waals surface area contributed by atoms with Gasteiger partial charge in [0.1, 0.15) is 16.3 Å². The van der Waals surface area contributed by atoms with Gasteiger partial charge in [-0.1, -0.05) is 18.2 Å². The van der Waals surface area contributed by atoms with Crippen LogP contribution < -0.4 is 13.9 Å². The number of para-hydroxylation sites is 1. The van der Waals surface area contributed by atoms with Crippen molar-refractivity contribution in [1.82, 2.24) is 0 Å². The molecule has 2 aromatic rings. The Balaban J connectivity index is 1.85. The van der Waals surface area contributed by atoms with E-state index in [1.807, 2.05) is 26.0 Å². The van der Waals surface area contributed by atoms with E-state index in [-0.39, 0.29) is 11.4 Å². The van der Waals surface area contributed by atoms with Gasteiger partial charge in [0.2, 0.25) is 0 Å². The SMILES string of the molecule is CC1(C)CN(S(=O)(=O)c2ccccc2F)c2cccc(N3CCCCC3)c2O1. The fraction of sp³-hybridized carbons (Fsp3) is 0.429. The molecule has 2 aliphatic rings. The lowest BCUT2D eigenvalue weighted by Gasteiger charge is -2.42. The van der Waals surface area contributed by atoms with Gasteiger partial charge < -0.3 is 9.64 Å². The average Bonchev–Trinajstić information content (AvgIpc) is 2.67. The number of rotatable bonds is 3. The topological polar surface area (TPSA) is 49.9 Å². The molecule has 0 aromatic heterocycles. The number of hydrogen-bond acceptors (Lipinski definition) is 4. The van der Waals surface area contributed by atoms with Crippen molar-refractivity contribution in [3.8, 4) is 5.75 Å². The maximum absolute atomic E-state index is 14.3. The monoisotopic (exact) mass is 404 g/mol. The Morgan fingerprint density at radius 2 is 1.64 bits per heavy atom. The molecule has 1 fully saturated rings. The molecule has 1 saturated heterocycles. The van der Waals surface area contributed by atoms with Crippen LogP contribution in [0.5, 0.6) is 5.75 Å². The fourth-order valence-corrected chi connectivity index (χ4v) is 5.61. The predicted octanol–water partition coefficient (Wildman–Crippen LogP) is 4.18. The van der Waals surface area contributed by atoms with Crippen molar-refractivity contribution >= 4 is 21.4 Å². The molecule has 150 valence electrons. The van der Waals surface area contributed by atoms with E-state index in [0.717, 1.165) is 31.6 Å². The molecule has 0 N–H and O–H groups in total. The molecule has 28 heavy (non-hydrogen) atoms. The van der Waals surface area contributed by atoms with E-state index < -0.39 is 21.4 Å². The first-order valence-electron chi connectivity index (χ1n) is 9.64. The lowest BCUT2D eigenvalue weighted by atomic mass is 10.1. The third-order valence-corrected chi connectivity index (χ3v) is 7.04. The van der Waals surface area contributed by atoms with Crippen molar-refractivity contribution in [3.63, 3.8) is 0 Å². The van der Waals surface area contributed by atoms with Gasteiger partial charge in [0.05, 0.1) is 17.9 Å². The average molecular weight is 405 g/mol. The molecule has 7 heteroatoms. The van der Waals surface area contributed by atoms with Gasteiger partial charge in [0.15, 0.2) is 5.75 Å². The minimum Gasteiger partial charge on any atom is -0.482 e. The van der Waals surface area contributed by atoms with Gasteiger partial charge in [0, 0.05) is 13.1 Å². The first-order valence-corrected chi connectivity index (χ1v) is 11.1. The lowest BCUT2D eigenvalue weighted by Crippen LogP contribution is -2.49. The zero-order valence-electron chi connectivity index (χ0n) is 16.2. The van der Waals surface area contributed by atoms with Crippen LogP contribution in [0.15, 0.2) is 47.4 Å². The van der Waals surface area contributed by atoms with Gasteiger partial charge in [-0.05, 0) is 57.4 Å². The van der Waals surface area contributed by atoms with Gasteiger partial charge in [-0.3, -0.25) is 4.31 Å². The van der Waals surface area contributed by atoms with Crippen LogP contribution >= 0.6 is 0 Å². The predicted molar refractivity (Wildman–Crippen MR) is 108 cm³/mol. The molecule has 4 rings (SSSR count). The minimum atomic E-state index is -4.06. The van der Waals surface area contributed by atoms with Crippen LogP contribution in [-0.4, -0.2) is 33.7 Å². The summed E-state index contributed by atoms with van der Waals surface area (Å²) in [4.78, 5) is 1.93. The zero-order chi connectivity index (χ0) is 19.9. The fourth-order valence-electron chi connectivity index (χ4n) is 3.92. The summed E-state index contributed by atoms with van der Waals surface area (Å²) >= 11 is 0. The molecule has 0 spiro atoms. The van der Waals surface area contributed by atoms with Gasteiger partial charge in [-0.2, -0.15) is 0 Å². The molecule has 5 nitrogen and oxygen atoms in total. The summed E-state index contributed by atoms with van der Waals surface area (Å²) in [5, 5.41) is 0. The van der Waals surface area contributed by atoms with Crippen LogP contribution in [0.2, 0.25) is 0 Å². The Morgan fingerprint density at radius 1 is 0.964 bits per heavy atom. The second-order valence-electron chi connectivity index (χ2n) is 7.98. The summed E-state index contributed by atoms with van der Waals surface area (Å²) in [5.74, 6) is -0.193. The highest BCUT2D eigenvalue weighted by molar-refractivity contribution is 7.92. The normalized spacial score (nSPS) is 19.1. The quantitative estimate of drug-likeness (QED) is 0.770. The van der Waals surface area contributed by atoms with Crippen LogP contribution in [0.25, 0.3) is 0 Å². The number of ether oxygens (including phenoxy) is 1. The number of sulfonamides is 1. The smallest absolute Gasteiger partial charge is 0.267 e. The first-order chi connectivity index (χ1) is 13.3. The van der Waals surface area contributed by atoms with Crippen LogP contribution in [0.1, 0.15) is 33.1 Å². The first kappa shape index (κ1) is 19.1. The number of piperidine rings is 1. The number of halogens is 1. The molecule has 0 radical (unpaired) electrons. The molecule has 0 aliphatic carbocycles. The summed E-state index contributed by atoms with van der Waals surface area (Å²) < 4.78 is 48.6. The Kier molecular flexibility index (Phi) is 4.73. The highest BCUT2D eigenvalue weighted by atomic mass is 32.2. The molecule has 0 bridgehead atoms. The van der Waals surface area contributed by atoms with E-state index in [1.54, 1.807) is 6.07 Å². The molecular formula is C21H25FN2O3S. The van der Waals surface area contributed by atoms with Crippen molar-refractivity contribution in [2.75, 3.05) is 28.8 Å². The Labute approximate surface area is 165 Å². The van der Waals surface area contributed by atoms with E-state index in [9.17, 15) is 12.8 Å². The second kappa shape index (κ2) is 6.95. The third-order valence-electron chi connectivity index (χ3n) is 5.25. The molecule has 0 saturated carbocycles. The van der Waals surface area contributed by atoms with E-state index >= 15 is 0 Å². The van der Waals surface area contributed by atoms with Crippen molar-refractivity contribution in [2.45, 2.75) is 43.6 Å². The van der Waals surface area contributed by atoms with Crippen molar-refractivity contribution in [2.24, 2.45) is 0 Å². The molecule has 0 unspecified atom stereocenters. The van der Waals surface area contributed by atoms with Crippen LogP contribution in [-0.2, 0) is 10.0 Å². The molecule has 2 heterocycles. The van der Waals surface area contributed by atoms with Crippen molar-refractivity contribution < 1.29 is 17.5 Å². The van der Waals surface area contributed by atoms with E-state index in [2.05, 4.69) is 4.90 Å². The number of benzene rings is 2. The molecular weight excluding hydrogens is 379 g/mol. The Morgan fingerprint density at radius 3 is 2.36 bits per heavy atom. The molecule has 0 amide bonds. The van der Waals surface area contributed by atoms with Gasteiger partial charge in [0.25, 0.3) is 10.0 Å². The molecule has 2 aliphatic heterocycles. The van der Waals surface area contributed by atoms with Gasteiger partial charge in [-0.25, -0.2) is 12.8 Å². The van der Waals surface area contributed by atoms with Crippen molar-refractivity contribution in [3.05, 3.63) is 48.3 Å². The number of nitrogens with zero attached hydrogens (tertiary/aromatic N) is 2. The summed E-state index contributed by atoms with van der Waals surface area (Å²) in [6.45, 7) is 5.65. The number of hydrogen-bond donors (Lipinski definition) is 0. The highest BCUT2D eigenvalue weighted by Crippen LogP contribution is 2.46. The van der Waals surface area contributed by atoms with Crippen LogP contribution in [0.3, 0.4) is 0 Å². The summed E-state index contributed by atoms with van der Waals surface area (Å²) in [5.41, 5.74) is 0.626. The molecule has 2 aromatic carbocycles. The Bertz CT molecular complexity index is 985. The van der Waals surface area contributed by atoms with E-state index in [1.165, 1.54) is 35.0 Å². The lowest BCUT2D eigenvalue weighted by molar-refractivity contribution is 0.111. The van der Waals surface area contributed by atoms with Gasteiger partial charge >= 0.3 is 0 Å². The van der Waals surface area contributed by atoms with E-state index in [0.29, 0.717) is 11.4 Å².